The van der Waals surface area contributed by atoms with Gasteiger partial charge in [0.15, 0.2) is 0 Å². The number of nitrogens with zero attached hydrogens (tertiary/aromatic N) is 2. The number of nitrogens with one attached hydrogen (secondary N) is 1. The van der Waals surface area contributed by atoms with Crippen LogP contribution in [-0.2, 0) is 0 Å². The van der Waals surface area contributed by atoms with Crippen LogP contribution in [0.5, 0.6) is 0 Å². The Balaban J connectivity index is 2.29. The van der Waals surface area contributed by atoms with E-state index < -0.39 is 15.8 Å². The lowest BCUT2D eigenvalue weighted by atomic mass is 10.1. The first-order valence-electron chi connectivity index (χ1n) is 6.61. The molecule has 0 bridgehead atoms. The van der Waals surface area contributed by atoms with Crippen LogP contribution < -0.4 is 5.32 Å². The first-order valence-corrected chi connectivity index (χ1v) is 6.61. The molecule has 23 heavy (non-hydrogen) atoms. The zero-order chi connectivity index (χ0) is 17.1. The van der Waals surface area contributed by atoms with Gasteiger partial charge >= 0.3 is 0 Å². The van der Waals surface area contributed by atoms with Gasteiger partial charge in [-0.15, -0.1) is 0 Å². The maximum atomic E-state index is 12.2. The Hall–Kier alpha value is -3.29. The molecule has 8 nitrogen and oxygen atoms in total. The number of nitro groups is 2. The molecule has 0 aliphatic heterocycles. The van der Waals surface area contributed by atoms with Gasteiger partial charge in [-0.2, -0.15) is 0 Å². The van der Waals surface area contributed by atoms with Crippen molar-refractivity contribution in [3.05, 3.63) is 73.3 Å². The molecular formula is C15H13N3O5. The van der Waals surface area contributed by atoms with Crippen molar-refractivity contribution < 1.29 is 14.6 Å². The number of nitro benzene ring substituents is 2. The number of carbonyl (C=O) groups excluding carboxylic acids is 1. The van der Waals surface area contributed by atoms with Crippen LogP contribution in [0.2, 0.25) is 0 Å². The minimum atomic E-state index is -0.578. The van der Waals surface area contributed by atoms with E-state index in [1.54, 1.807) is 13.8 Å². The number of rotatable bonds is 4. The molecular weight excluding hydrogens is 302 g/mol. The average Bonchev–Trinajstić information content (AvgIpc) is 2.49. The lowest BCUT2D eigenvalue weighted by Gasteiger charge is -2.07. The van der Waals surface area contributed by atoms with Crippen molar-refractivity contribution in [3.8, 4) is 0 Å². The van der Waals surface area contributed by atoms with Crippen molar-refractivity contribution in [2.24, 2.45) is 0 Å². The molecule has 0 fully saturated rings. The molecule has 1 N–H and O–H groups in total. The third-order valence-electron chi connectivity index (χ3n) is 3.33. The average molecular weight is 315 g/mol. The quantitative estimate of drug-likeness (QED) is 0.686. The van der Waals surface area contributed by atoms with Gasteiger partial charge in [0.25, 0.3) is 17.3 Å². The van der Waals surface area contributed by atoms with Crippen LogP contribution in [0, 0.1) is 34.1 Å². The van der Waals surface area contributed by atoms with Crippen molar-refractivity contribution in [3.63, 3.8) is 0 Å². The second-order valence-electron chi connectivity index (χ2n) is 4.97. The lowest BCUT2D eigenvalue weighted by molar-refractivity contribution is -0.385. The van der Waals surface area contributed by atoms with Crippen molar-refractivity contribution in [1.29, 1.82) is 0 Å². The molecule has 0 saturated carbocycles. The van der Waals surface area contributed by atoms with Gasteiger partial charge in [0, 0.05) is 34.5 Å². The van der Waals surface area contributed by atoms with E-state index in [4.69, 9.17) is 0 Å². The van der Waals surface area contributed by atoms with Gasteiger partial charge in [0.2, 0.25) is 0 Å². The molecule has 0 heterocycles. The summed E-state index contributed by atoms with van der Waals surface area (Å²) in [6.45, 7) is 3.16. The lowest BCUT2D eigenvalue weighted by Crippen LogP contribution is -2.12. The summed E-state index contributed by atoms with van der Waals surface area (Å²) in [5.74, 6) is -0.578. The standard InChI is InChI=1S/C15H13N3O5/c1-9-3-5-11(7-13(9)17(20)21)15(19)16-12-6-4-10(2)14(8-12)18(22)23/h3-8H,1-2H3,(H,16,19). The Morgan fingerprint density at radius 2 is 1.43 bits per heavy atom. The summed E-state index contributed by atoms with van der Waals surface area (Å²) in [6, 6.07) is 8.40. The smallest absolute Gasteiger partial charge is 0.274 e. The highest BCUT2D eigenvalue weighted by molar-refractivity contribution is 6.04. The molecule has 0 unspecified atom stereocenters. The third kappa shape index (κ3) is 3.49. The van der Waals surface area contributed by atoms with Crippen molar-refractivity contribution in [2.45, 2.75) is 13.8 Å². The van der Waals surface area contributed by atoms with Crippen LogP contribution in [0.3, 0.4) is 0 Å². The second-order valence-corrected chi connectivity index (χ2v) is 4.97. The maximum Gasteiger partial charge on any atom is 0.274 e. The number of anilines is 1. The van der Waals surface area contributed by atoms with Crippen LogP contribution in [-0.4, -0.2) is 15.8 Å². The number of hydrogen-bond donors (Lipinski definition) is 1. The Morgan fingerprint density at radius 1 is 0.913 bits per heavy atom. The van der Waals surface area contributed by atoms with E-state index in [0.717, 1.165) is 0 Å². The molecule has 118 valence electrons. The van der Waals surface area contributed by atoms with E-state index >= 15 is 0 Å². The summed E-state index contributed by atoms with van der Waals surface area (Å²) in [5, 5.41) is 24.3. The van der Waals surface area contributed by atoms with Crippen molar-refractivity contribution in [2.75, 3.05) is 5.32 Å². The molecule has 2 rings (SSSR count). The normalized spacial score (nSPS) is 10.2. The van der Waals surface area contributed by atoms with E-state index in [1.165, 1.54) is 36.4 Å². The van der Waals surface area contributed by atoms with Gasteiger partial charge in [-0.1, -0.05) is 12.1 Å². The fraction of sp³-hybridized carbons (Fsp3) is 0.133. The Bertz CT molecular complexity index is 817. The van der Waals surface area contributed by atoms with E-state index in [1.807, 2.05) is 0 Å². The highest BCUT2D eigenvalue weighted by Crippen LogP contribution is 2.24. The van der Waals surface area contributed by atoms with Gasteiger partial charge < -0.3 is 5.32 Å². The number of benzene rings is 2. The van der Waals surface area contributed by atoms with Crippen LogP contribution >= 0.6 is 0 Å². The fourth-order valence-electron chi connectivity index (χ4n) is 2.03. The SMILES string of the molecule is Cc1ccc(NC(=O)c2ccc(C)c([N+](=O)[O-])c2)cc1[N+](=O)[O-]. The van der Waals surface area contributed by atoms with Gasteiger partial charge in [0.1, 0.15) is 0 Å². The van der Waals surface area contributed by atoms with Crippen molar-refractivity contribution >= 4 is 23.0 Å². The topological polar surface area (TPSA) is 115 Å². The summed E-state index contributed by atoms with van der Waals surface area (Å²) in [5.41, 5.74) is 0.989. The number of hydrogen-bond acceptors (Lipinski definition) is 5. The Kier molecular flexibility index (Phi) is 4.35. The molecule has 0 aromatic heterocycles. The molecule has 1 amide bonds. The largest absolute Gasteiger partial charge is 0.322 e. The molecule has 0 spiro atoms. The first-order chi connectivity index (χ1) is 10.8. The maximum absolute atomic E-state index is 12.2. The fourth-order valence-corrected chi connectivity index (χ4v) is 2.03. The zero-order valence-corrected chi connectivity index (χ0v) is 12.4. The van der Waals surface area contributed by atoms with Gasteiger partial charge in [-0.25, -0.2) is 0 Å². The van der Waals surface area contributed by atoms with Gasteiger partial charge in [-0.3, -0.25) is 25.0 Å². The minimum absolute atomic E-state index is 0.102. The van der Waals surface area contributed by atoms with E-state index in [0.29, 0.717) is 11.1 Å². The summed E-state index contributed by atoms with van der Waals surface area (Å²) >= 11 is 0. The molecule has 0 aliphatic rings. The monoisotopic (exact) mass is 315 g/mol. The predicted molar refractivity (Wildman–Crippen MR) is 83.6 cm³/mol. The summed E-state index contributed by atoms with van der Waals surface area (Å²) in [6.07, 6.45) is 0. The molecule has 0 aliphatic carbocycles. The van der Waals surface area contributed by atoms with Crippen LogP contribution in [0.25, 0.3) is 0 Å². The van der Waals surface area contributed by atoms with Crippen LogP contribution in [0.15, 0.2) is 36.4 Å². The Labute approximate surface area is 131 Å². The minimum Gasteiger partial charge on any atom is -0.322 e. The van der Waals surface area contributed by atoms with E-state index in [2.05, 4.69) is 5.32 Å². The number of amides is 1. The van der Waals surface area contributed by atoms with E-state index in [-0.39, 0.29) is 22.6 Å². The molecule has 0 saturated heterocycles. The predicted octanol–water partition coefficient (Wildman–Crippen LogP) is 3.37. The third-order valence-corrected chi connectivity index (χ3v) is 3.33. The van der Waals surface area contributed by atoms with Gasteiger partial charge in [0.05, 0.1) is 9.85 Å². The van der Waals surface area contributed by atoms with E-state index in [9.17, 15) is 25.0 Å². The number of carbonyl (C=O) groups is 1. The zero-order valence-electron chi connectivity index (χ0n) is 12.4. The molecule has 2 aromatic carbocycles. The molecule has 0 radical (unpaired) electrons. The molecule has 0 atom stereocenters. The summed E-state index contributed by atoms with van der Waals surface area (Å²) in [4.78, 5) is 32.9. The second kappa shape index (κ2) is 6.22. The first kappa shape index (κ1) is 16.1. The Morgan fingerprint density at radius 3 is 2.00 bits per heavy atom. The number of aryl methyl sites for hydroxylation is 2. The highest BCUT2D eigenvalue weighted by Gasteiger charge is 2.16. The summed E-state index contributed by atoms with van der Waals surface area (Å²) < 4.78 is 0. The van der Waals surface area contributed by atoms with Crippen molar-refractivity contribution in [1.82, 2.24) is 0 Å². The molecule has 8 heteroatoms. The van der Waals surface area contributed by atoms with Crippen LogP contribution in [0.4, 0.5) is 17.1 Å². The highest BCUT2D eigenvalue weighted by atomic mass is 16.6. The summed E-state index contributed by atoms with van der Waals surface area (Å²) in [7, 11) is 0. The molecule has 2 aromatic rings. The van der Waals surface area contributed by atoms with Gasteiger partial charge in [-0.05, 0) is 26.0 Å². The van der Waals surface area contributed by atoms with Crippen LogP contribution in [0.1, 0.15) is 21.5 Å².